The van der Waals surface area contributed by atoms with Crippen molar-refractivity contribution in [3.8, 4) is 0 Å². The van der Waals surface area contributed by atoms with Gasteiger partial charge < -0.3 is 4.90 Å². The molecule has 0 amide bonds. The Morgan fingerprint density at radius 3 is 2.30 bits per heavy atom. The maximum atomic E-state index is 11.3. The maximum absolute atomic E-state index is 11.3. The van der Waals surface area contributed by atoms with Crippen molar-refractivity contribution in [2.24, 2.45) is 10.1 Å². The van der Waals surface area contributed by atoms with Gasteiger partial charge in [0.15, 0.2) is 0 Å². The van der Waals surface area contributed by atoms with Gasteiger partial charge in [-0.05, 0) is 29.8 Å². The van der Waals surface area contributed by atoms with Crippen molar-refractivity contribution in [3.05, 3.63) is 60.2 Å². The SMILES string of the molecule is CN(C(Cc1ccccc1)=NC=N)c1ccc(S(N)(=O)=O)cc1. The molecule has 0 atom stereocenters. The number of rotatable bonds is 5. The van der Waals surface area contributed by atoms with Crippen LogP contribution in [0.15, 0.2) is 64.5 Å². The molecule has 0 bridgehead atoms. The molecule has 0 fully saturated rings. The molecule has 120 valence electrons. The second-order valence-corrected chi connectivity index (χ2v) is 6.50. The standard InChI is InChI=1S/C16H18N4O2S/c1-20(14-7-9-15(10-8-14)23(18,21)22)16(19-12-17)11-13-5-3-2-4-6-13/h2-10,12,17H,11H2,1H3,(H2,18,21,22). The van der Waals surface area contributed by atoms with Crippen molar-refractivity contribution in [1.29, 1.82) is 5.41 Å². The summed E-state index contributed by atoms with van der Waals surface area (Å²) >= 11 is 0. The molecular weight excluding hydrogens is 312 g/mol. The first-order chi connectivity index (χ1) is 10.9. The Hall–Kier alpha value is -2.51. The molecule has 2 aromatic rings. The largest absolute Gasteiger partial charge is 0.333 e. The van der Waals surface area contributed by atoms with Gasteiger partial charge in [-0.25, -0.2) is 18.5 Å². The number of anilines is 1. The molecule has 2 aromatic carbocycles. The summed E-state index contributed by atoms with van der Waals surface area (Å²) in [5, 5.41) is 12.3. The summed E-state index contributed by atoms with van der Waals surface area (Å²) in [6.07, 6.45) is 1.55. The molecule has 0 heterocycles. The average Bonchev–Trinajstić information content (AvgIpc) is 2.54. The van der Waals surface area contributed by atoms with Crippen LogP contribution in [0, 0.1) is 5.41 Å². The number of hydrogen-bond donors (Lipinski definition) is 2. The van der Waals surface area contributed by atoms with Crippen molar-refractivity contribution in [3.63, 3.8) is 0 Å². The lowest BCUT2D eigenvalue weighted by Crippen LogP contribution is -2.28. The molecular formula is C16H18N4O2S. The van der Waals surface area contributed by atoms with E-state index in [-0.39, 0.29) is 4.90 Å². The van der Waals surface area contributed by atoms with Crippen LogP contribution in [0.1, 0.15) is 5.56 Å². The summed E-state index contributed by atoms with van der Waals surface area (Å²) < 4.78 is 22.6. The highest BCUT2D eigenvalue weighted by molar-refractivity contribution is 7.89. The molecule has 23 heavy (non-hydrogen) atoms. The summed E-state index contributed by atoms with van der Waals surface area (Å²) in [5.41, 5.74) is 1.83. The van der Waals surface area contributed by atoms with E-state index in [0.717, 1.165) is 17.6 Å². The Morgan fingerprint density at radius 2 is 1.78 bits per heavy atom. The zero-order chi connectivity index (χ0) is 16.9. The lowest BCUT2D eigenvalue weighted by molar-refractivity contribution is 0.598. The first-order valence-corrected chi connectivity index (χ1v) is 8.42. The van der Waals surface area contributed by atoms with Gasteiger partial charge in [0.25, 0.3) is 0 Å². The number of primary sulfonamides is 1. The fourth-order valence-electron chi connectivity index (χ4n) is 2.11. The van der Waals surface area contributed by atoms with Crippen LogP contribution in [0.5, 0.6) is 0 Å². The predicted octanol–water partition coefficient (Wildman–Crippen LogP) is 2.02. The molecule has 0 saturated heterocycles. The Labute approximate surface area is 135 Å². The van der Waals surface area contributed by atoms with E-state index in [4.69, 9.17) is 10.5 Å². The Bertz CT molecular complexity index is 800. The monoisotopic (exact) mass is 330 g/mol. The number of nitrogens with zero attached hydrogens (tertiary/aromatic N) is 2. The van der Waals surface area contributed by atoms with Gasteiger partial charge in [0, 0.05) is 19.2 Å². The third kappa shape index (κ3) is 4.48. The predicted molar refractivity (Wildman–Crippen MR) is 92.6 cm³/mol. The molecule has 2 rings (SSSR count). The summed E-state index contributed by atoms with van der Waals surface area (Å²) in [6, 6.07) is 16.0. The lowest BCUT2D eigenvalue weighted by Gasteiger charge is -2.21. The minimum Gasteiger partial charge on any atom is -0.333 e. The minimum absolute atomic E-state index is 0.0586. The van der Waals surface area contributed by atoms with Gasteiger partial charge in [-0.2, -0.15) is 0 Å². The topological polar surface area (TPSA) is 99.6 Å². The average molecular weight is 330 g/mol. The van der Waals surface area contributed by atoms with E-state index >= 15 is 0 Å². The molecule has 0 aliphatic heterocycles. The van der Waals surface area contributed by atoms with Crippen molar-refractivity contribution < 1.29 is 8.42 Å². The van der Waals surface area contributed by atoms with Crippen LogP contribution < -0.4 is 10.0 Å². The second-order valence-electron chi connectivity index (χ2n) is 4.93. The van der Waals surface area contributed by atoms with Gasteiger partial charge in [-0.15, -0.1) is 0 Å². The van der Waals surface area contributed by atoms with Gasteiger partial charge >= 0.3 is 0 Å². The van der Waals surface area contributed by atoms with Crippen molar-refractivity contribution >= 4 is 27.9 Å². The van der Waals surface area contributed by atoms with Gasteiger partial charge in [-0.3, -0.25) is 5.41 Å². The fourth-order valence-corrected chi connectivity index (χ4v) is 2.63. The molecule has 0 aliphatic carbocycles. The normalized spacial score (nSPS) is 12.0. The molecule has 0 aromatic heterocycles. The summed E-state index contributed by atoms with van der Waals surface area (Å²) in [6.45, 7) is 0. The van der Waals surface area contributed by atoms with E-state index in [2.05, 4.69) is 4.99 Å². The number of likely N-dealkylation sites (N-methyl/N-ethyl adjacent to an activating group) is 1. The second kappa shape index (κ2) is 7.17. The van der Waals surface area contributed by atoms with E-state index in [0.29, 0.717) is 12.3 Å². The Kier molecular flexibility index (Phi) is 5.25. The number of hydrogen-bond acceptors (Lipinski definition) is 3. The number of amidine groups is 1. The molecule has 7 heteroatoms. The van der Waals surface area contributed by atoms with Crippen LogP contribution in [0.4, 0.5) is 5.69 Å². The molecule has 3 N–H and O–H groups in total. The van der Waals surface area contributed by atoms with Gasteiger partial charge in [0.1, 0.15) is 12.2 Å². The quantitative estimate of drug-likeness (QED) is 0.648. The first kappa shape index (κ1) is 16.9. The third-order valence-electron chi connectivity index (χ3n) is 3.36. The van der Waals surface area contributed by atoms with Crippen LogP contribution in [0.25, 0.3) is 0 Å². The lowest BCUT2D eigenvalue weighted by atomic mass is 10.1. The van der Waals surface area contributed by atoms with Crippen LogP contribution in [-0.2, 0) is 16.4 Å². The number of aliphatic imine (C=N–C) groups is 1. The Morgan fingerprint density at radius 1 is 1.17 bits per heavy atom. The molecule has 0 spiro atoms. The summed E-state index contributed by atoms with van der Waals surface area (Å²) in [5.74, 6) is 0.676. The smallest absolute Gasteiger partial charge is 0.238 e. The zero-order valence-corrected chi connectivity index (χ0v) is 13.5. The maximum Gasteiger partial charge on any atom is 0.238 e. The van der Waals surface area contributed by atoms with Crippen molar-refractivity contribution in [1.82, 2.24) is 0 Å². The highest BCUT2D eigenvalue weighted by atomic mass is 32.2. The number of sulfonamides is 1. The molecule has 0 radical (unpaired) electrons. The van der Waals surface area contributed by atoms with Gasteiger partial charge in [0.05, 0.1) is 4.90 Å². The van der Waals surface area contributed by atoms with E-state index in [1.54, 1.807) is 12.1 Å². The summed E-state index contributed by atoms with van der Waals surface area (Å²) in [7, 11) is -1.89. The van der Waals surface area contributed by atoms with Crippen molar-refractivity contribution in [2.75, 3.05) is 11.9 Å². The van der Waals surface area contributed by atoms with Crippen LogP contribution >= 0.6 is 0 Å². The molecule has 0 aliphatic rings. The molecule has 0 saturated carbocycles. The van der Waals surface area contributed by atoms with Gasteiger partial charge in [-0.1, -0.05) is 30.3 Å². The third-order valence-corrected chi connectivity index (χ3v) is 4.29. The van der Waals surface area contributed by atoms with E-state index in [1.807, 2.05) is 42.3 Å². The highest BCUT2D eigenvalue weighted by Gasteiger charge is 2.12. The fraction of sp³-hybridized carbons (Fsp3) is 0.125. The summed E-state index contributed by atoms with van der Waals surface area (Å²) in [4.78, 5) is 5.98. The number of benzene rings is 2. The van der Waals surface area contributed by atoms with E-state index in [1.165, 1.54) is 12.1 Å². The van der Waals surface area contributed by atoms with Gasteiger partial charge in [0.2, 0.25) is 10.0 Å². The van der Waals surface area contributed by atoms with E-state index < -0.39 is 10.0 Å². The minimum atomic E-state index is -3.71. The number of nitrogens with two attached hydrogens (primary N) is 1. The number of nitrogens with one attached hydrogen (secondary N) is 1. The van der Waals surface area contributed by atoms with Crippen LogP contribution in [0.2, 0.25) is 0 Å². The van der Waals surface area contributed by atoms with Crippen LogP contribution in [0.3, 0.4) is 0 Å². The van der Waals surface area contributed by atoms with Crippen LogP contribution in [-0.4, -0.2) is 27.6 Å². The molecule has 0 unspecified atom stereocenters. The molecule has 6 nitrogen and oxygen atoms in total. The zero-order valence-electron chi connectivity index (χ0n) is 12.7. The van der Waals surface area contributed by atoms with E-state index in [9.17, 15) is 8.42 Å². The highest BCUT2D eigenvalue weighted by Crippen LogP contribution is 2.18. The first-order valence-electron chi connectivity index (χ1n) is 6.88. The Balaban J connectivity index is 2.26. The van der Waals surface area contributed by atoms with Crippen molar-refractivity contribution in [2.45, 2.75) is 11.3 Å².